The quantitative estimate of drug-likeness (QED) is 0.446. The molecule has 0 fully saturated rings. The van der Waals surface area contributed by atoms with E-state index in [9.17, 15) is 27.6 Å². The number of rotatable bonds is 4. The molecule has 3 aromatic heterocycles. The van der Waals surface area contributed by atoms with Gasteiger partial charge in [-0.1, -0.05) is 0 Å². The highest BCUT2D eigenvalue weighted by atomic mass is 19.4. The molecule has 0 atom stereocenters. The maximum atomic E-state index is 12.2. The number of aliphatic carboxylic acids is 1. The highest BCUT2D eigenvalue weighted by molar-refractivity contribution is 5.75. The summed E-state index contributed by atoms with van der Waals surface area (Å²) in [5, 5.41) is 19.0. The maximum absolute atomic E-state index is 12.2. The number of pyridine rings is 1. The topological polar surface area (TPSA) is 143 Å². The van der Waals surface area contributed by atoms with Gasteiger partial charge in [-0.3, -0.25) is 14.7 Å². The highest BCUT2D eigenvalue weighted by Crippen LogP contribution is 2.15. The Morgan fingerprint density at radius 1 is 1.28 bits per heavy atom. The summed E-state index contributed by atoms with van der Waals surface area (Å²) in [7, 11) is 0.676. The number of aryl methyl sites for hydroxylation is 1. The standard InChI is InChI=1S/C12H10N6O3.C3H3F3O2/c19-9(20)3-6-17-4-1-8(2-5-17)10-11(21)18-12(16-15-10)13-7-14-18;1-8-2(7)3(4,5)6/h1-2,4-5,7H,3,6H2,(H,19,20);1H3/p+1. The first-order valence-electron chi connectivity index (χ1n) is 7.78. The predicted octanol–water partition coefficient (Wildman–Crippen LogP) is -0.0365. The molecule has 154 valence electrons. The van der Waals surface area contributed by atoms with Crippen LogP contribution in [0.4, 0.5) is 13.2 Å². The number of esters is 1. The Morgan fingerprint density at radius 3 is 2.45 bits per heavy atom. The van der Waals surface area contributed by atoms with E-state index >= 15 is 0 Å². The molecule has 0 unspecified atom stereocenters. The molecule has 0 bridgehead atoms. The first-order chi connectivity index (χ1) is 13.6. The van der Waals surface area contributed by atoms with E-state index < -0.39 is 18.1 Å². The van der Waals surface area contributed by atoms with Crippen LogP contribution < -0.4 is 10.1 Å². The van der Waals surface area contributed by atoms with Crippen molar-refractivity contribution in [1.82, 2.24) is 24.8 Å². The van der Waals surface area contributed by atoms with Gasteiger partial charge in [-0.15, -0.1) is 10.2 Å². The van der Waals surface area contributed by atoms with Crippen LogP contribution in [0.3, 0.4) is 0 Å². The van der Waals surface area contributed by atoms with Crippen LogP contribution in [0.1, 0.15) is 6.42 Å². The molecule has 0 aromatic carbocycles. The van der Waals surface area contributed by atoms with E-state index in [-0.39, 0.29) is 23.5 Å². The van der Waals surface area contributed by atoms with Gasteiger partial charge in [0.15, 0.2) is 24.6 Å². The van der Waals surface area contributed by atoms with Gasteiger partial charge in [-0.2, -0.15) is 22.7 Å². The maximum Gasteiger partial charge on any atom is 0.490 e. The van der Waals surface area contributed by atoms with Gasteiger partial charge in [0.05, 0.1) is 7.11 Å². The van der Waals surface area contributed by atoms with Crippen LogP contribution >= 0.6 is 0 Å². The molecule has 3 heterocycles. The van der Waals surface area contributed by atoms with Gasteiger partial charge in [-0.05, 0) is 0 Å². The van der Waals surface area contributed by atoms with Crippen molar-refractivity contribution in [2.75, 3.05) is 7.11 Å². The van der Waals surface area contributed by atoms with Crippen LogP contribution in [-0.2, 0) is 20.9 Å². The van der Waals surface area contributed by atoms with Gasteiger partial charge >= 0.3 is 23.7 Å². The summed E-state index contributed by atoms with van der Waals surface area (Å²) in [6.45, 7) is 0.361. The summed E-state index contributed by atoms with van der Waals surface area (Å²) in [6.07, 6.45) is -0.0657. The monoisotopic (exact) mass is 415 g/mol. The molecule has 11 nitrogen and oxygen atoms in total. The lowest BCUT2D eigenvalue weighted by molar-refractivity contribution is -0.695. The van der Waals surface area contributed by atoms with E-state index in [0.29, 0.717) is 19.2 Å². The zero-order valence-electron chi connectivity index (χ0n) is 14.8. The van der Waals surface area contributed by atoms with Gasteiger partial charge in [0.2, 0.25) is 0 Å². The minimum atomic E-state index is -4.85. The average Bonchev–Trinajstić information content (AvgIpc) is 3.16. The Kier molecular flexibility index (Phi) is 6.59. The number of hydrogen-bond acceptors (Lipinski definition) is 7. The van der Waals surface area contributed by atoms with Crippen molar-refractivity contribution >= 4 is 17.7 Å². The van der Waals surface area contributed by atoms with Crippen molar-refractivity contribution in [3.05, 3.63) is 41.2 Å². The summed E-state index contributed by atoms with van der Waals surface area (Å²) in [5.41, 5.74) is 0.450. The lowest BCUT2D eigenvalue weighted by Crippen LogP contribution is -2.33. The van der Waals surface area contributed by atoms with E-state index in [0.717, 1.165) is 0 Å². The highest BCUT2D eigenvalue weighted by Gasteiger charge is 2.40. The first-order valence-corrected chi connectivity index (χ1v) is 7.78. The molecule has 0 aliphatic heterocycles. The van der Waals surface area contributed by atoms with Crippen molar-refractivity contribution in [1.29, 1.82) is 0 Å². The smallest absolute Gasteiger partial charge is 0.481 e. The number of fused-ring (bicyclic) bond motifs is 1. The number of methoxy groups -OCH3 is 1. The molecular weight excluding hydrogens is 401 g/mol. The van der Waals surface area contributed by atoms with Gasteiger partial charge < -0.3 is 9.84 Å². The van der Waals surface area contributed by atoms with Crippen LogP contribution in [0.15, 0.2) is 35.6 Å². The minimum Gasteiger partial charge on any atom is -0.481 e. The largest absolute Gasteiger partial charge is 0.490 e. The number of carboxylic acids is 1. The number of hydrogen-bond donors (Lipinski definition) is 2. The molecule has 0 spiro atoms. The third kappa shape index (κ3) is 5.57. The molecule has 0 aliphatic rings. The van der Waals surface area contributed by atoms with Gasteiger partial charge in [0, 0.05) is 17.7 Å². The zero-order chi connectivity index (χ0) is 21.6. The second-order valence-electron chi connectivity index (χ2n) is 5.33. The summed E-state index contributed by atoms with van der Waals surface area (Å²) in [6, 6.07) is 3.38. The fourth-order valence-electron chi connectivity index (χ4n) is 2.01. The third-order valence-corrected chi connectivity index (χ3v) is 3.38. The number of aromatic nitrogens is 6. The van der Waals surface area contributed by atoms with Crippen molar-refractivity contribution in [2.45, 2.75) is 19.1 Å². The summed E-state index contributed by atoms with van der Waals surface area (Å²) in [5.74, 6) is -2.82. The minimum absolute atomic E-state index is 0.0343. The van der Waals surface area contributed by atoms with Crippen molar-refractivity contribution < 1.29 is 37.2 Å². The number of halogens is 3. The summed E-state index contributed by atoms with van der Waals surface area (Å²) >= 11 is 0. The Balaban J connectivity index is 0.000000321. The Hall–Kier alpha value is -3.84. The van der Waals surface area contributed by atoms with E-state index in [4.69, 9.17) is 5.11 Å². The van der Waals surface area contributed by atoms with Crippen LogP contribution in [0.25, 0.3) is 17.0 Å². The molecule has 14 heteroatoms. The van der Waals surface area contributed by atoms with Crippen LogP contribution in [0.5, 0.6) is 0 Å². The molecule has 0 amide bonds. The van der Waals surface area contributed by atoms with Gasteiger partial charge in [-0.25, -0.2) is 9.36 Å². The summed E-state index contributed by atoms with van der Waals surface area (Å²) < 4.78 is 39.2. The number of alkyl halides is 3. The number of ether oxygens (including phenoxy) is 1. The van der Waals surface area contributed by atoms with E-state index in [1.54, 1.807) is 29.1 Å². The van der Waals surface area contributed by atoms with Crippen molar-refractivity contribution in [3.8, 4) is 11.3 Å². The van der Waals surface area contributed by atoms with Crippen LogP contribution in [0, 0.1) is 0 Å². The van der Waals surface area contributed by atoms with E-state index in [2.05, 4.69) is 25.0 Å². The molecule has 3 aromatic rings. The predicted molar refractivity (Wildman–Crippen MR) is 87.4 cm³/mol. The third-order valence-electron chi connectivity index (χ3n) is 3.38. The number of aromatic amines is 1. The fraction of sp³-hybridized carbons (Fsp3) is 0.267. The second-order valence-corrected chi connectivity index (χ2v) is 5.33. The Labute approximate surface area is 159 Å². The molecule has 3 rings (SSSR count). The molecule has 0 saturated carbocycles. The lowest BCUT2D eigenvalue weighted by Gasteiger charge is -1.99. The summed E-state index contributed by atoms with van der Waals surface area (Å²) in [4.78, 5) is 36.0. The Morgan fingerprint density at radius 2 is 1.93 bits per heavy atom. The number of carbonyl (C=O) groups excluding carboxylic acids is 1. The second kappa shape index (κ2) is 8.90. The van der Waals surface area contributed by atoms with E-state index in [1.807, 2.05) is 0 Å². The van der Waals surface area contributed by atoms with Crippen LogP contribution in [-0.4, -0.2) is 55.1 Å². The zero-order valence-corrected chi connectivity index (χ0v) is 14.8. The lowest BCUT2D eigenvalue weighted by atomic mass is 10.2. The van der Waals surface area contributed by atoms with Gasteiger partial charge in [0.1, 0.15) is 12.7 Å². The average molecular weight is 415 g/mol. The van der Waals surface area contributed by atoms with Gasteiger partial charge in [0.25, 0.3) is 5.78 Å². The number of nitrogens with zero attached hydrogens (tertiary/aromatic N) is 5. The van der Waals surface area contributed by atoms with Crippen molar-refractivity contribution in [2.24, 2.45) is 0 Å². The molecule has 0 radical (unpaired) electrons. The van der Waals surface area contributed by atoms with Crippen LogP contribution in [0.2, 0.25) is 0 Å². The molecule has 0 aliphatic carbocycles. The SMILES string of the molecule is COC(=O)C(F)(F)F.O=C(O)CC[n+]1ccc(-c2nnc3nc[nH]n3c2=O)cc1. The normalized spacial score (nSPS) is 10.9. The molecule has 0 saturated heterocycles. The molecule has 29 heavy (non-hydrogen) atoms. The first kappa shape index (κ1) is 21.5. The number of carbonyl (C=O) groups is 2. The number of H-pyrrole nitrogens is 1. The fourth-order valence-corrected chi connectivity index (χ4v) is 2.01. The molecular formula is C15H14F3N6O5+. The van der Waals surface area contributed by atoms with Crippen molar-refractivity contribution in [3.63, 3.8) is 0 Å². The van der Waals surface area contributed by atoms with E-state index in [1.165, 1.54) is 10.8 Å². The molecule has 2 N–H and O–H groups in total. The number of nitrogens with one attached hydrogen (secondary N) is 1. The number of carboxylic acid groups (broad SMARTS) is 1. The Bertz CT molecular complexity index is 1060.